The molecule has 1 N–H and O–H groups in total. The SMILES string of the molecule is CCCCCCCCc1cc(Oc2cccc(S(=O)(=O)O)c2)ccc1[O-].[K+]. The van der Waals surface area contributed by atoms with Gasteiger partial charge in [0.25, 0.3) is 10.1 Å². The fourth-order valence-electron chi connectivity index (χ4n) is 2.74. The monoisotopic (exact) mass is 416 g/mol. The topological polar surface area (TPSA) is 86.7 Å². The van der Waals surface area contributed by atoms with Gasteiger partial charge in [0.1, 0.15) is 11.5 Å². The predicted octanol–water partition coefficient (Wildman–Crippen LogP) is 1.71. The van der Waals surface area contributed by atoms with Gasteiger partial charge in [-0.1, -0.05) is 56.7 Å². The number of benzene rings is 2. The van der Waals surface area contributed by atoms with Gasteiger partial charge in [0.2, 0.25) is 0 Å². The van der Waals surface area contributed by atoms with Gasteiger partial charge in [0.15, 0.2) is 0 Å². The summed E-state index contributed by atoms with van der Waals surface area (Å²) >= 11 is 0. The van der Waals surface area contributed by atoms with E-state index in [-0.39, 0.29) is 67.8 Å². The van der Waals surface area contributed by atoms with Crippen LogP contribution >= 0.6 is 0 Å². The van der Waals surface area contributed by atoms with Gasteiger partial charge in [-0.15, -0.1) is 5.75 Å². The third-order valence-electron chi connectivity index (χ3n) is 4.17. The van der Waals surface area contributed by atoms with E-state index in [1.165, 1.54) is 49.9 Å². The summed E-state index contributed by atoms with van der Waals surface area (Å²) in [7, 11) is -4.28. The van der Waals surface area contributed by atoms with Crippen LogP contribution in [0.3, 0.4) is 0 Å². The maximum atomic E-state index is 12.0. The minimum absolute atomic E-state index is 0. The molecular weight excluding hydrogens is 391 g/mol. The minimum atomic E-state index is -4.28. The van der Waals surface area contributed by atoms with E-state index in [2.05, 4.69) is 6.92 Å². The maximum Gasteiger partial charge on any atom is 1.00 e. The van der Waals surface area contributed by atoms with Gasteiger partial charge in [0, 0.05) is 6.07 Å². The third kappa shape index (κ3) is 8.64. The molecule has 7 heteroatoms. The maximum absolute atomic E-state index is 12.0. The zero-order valence-corrected chi connectivity index (χ0v) is 19.9. The molecule has 2 aromatic rings. The van der Waals surface area contributed by atoms with Crippen LogP contribution in [0.1, 0.15) is 51.0 Å². The summed E-state index contributed by atoms with van der Waals surface area (Å²) in [5, 5.41) is 12.0. The van der Waals surface area contributed by atoms with Crippen molar-refractivity contribution in [2.75, 3.05) is 0 Å². The Kier molecular flexibility index (Phi) is 11.1. The molecule has 142 valence electrons. The van der Waals surface area contributed by atoms with Crippen molar-refractivity contribution in [2.24, 2.45) is 0 Å². The van der Waals surface area contributed by atoms with Crippen molar-refractivity contribution in [1.29, 1.82) is 0 Å². The number of hydrogen-bond acceptors (Lipinski definition) is 4. The summed E-state index contributed by atoms with van der Waals surface area (Å²) in [6.45, 7) is 2.18. The molecule has 5 nitrogen and oxygen atoms in total. The average molecular weight is 417 g/mol. The van der Waals surface area contributed by atoms with Crippen LogP contribution < -0.4 is 61.2 Å². The van der Waals surface area contributed by atoms with Crippen LogP contribution in [0.5, 0.6) is 17.2 Å². The number of ether oxygens (including phenoxy) is 1. The first-order chi connectivity index (χ1) is 12.4. The molecule has 0 amide bonds. The average Bonchev–Trinajstić information content (AvgIpc) is 2.60. The molecule has 0 bridgehead atoms. The fourth-order valence-corrected chi connectivity index (χ4v) is 3.26. The molecule has 0 aromatic heterocycles. The number of aryl methyl sites for hydroxylation is 1. The van der Waals surface area contributed by atoms with Gasteiger partial charge >= 0.3 is 51.4 Å². The van der Waals surface area contributed by atoms with Crippen molar-refractivity contribution < 1.29 is 74.2 Å². The van der Waals surface area contributed by atoms with Crippen LogP contribution in [-0.2, 0) is 16.5 Å². The van der Waals surface area contributed by atoms with E-state index in [0.717, 1.165) is 12.8 Å². The molecule has 0 aliphatic carbocycles. The molecule has 0 unspecified atom stereocenters. The molecule has 0 atom stereocenters. The van der Waals surface area contributed by atoms with Crippen LogP contribution in [0.2, 0.25) is 0 Å². The van der Waals surface area contributed by atoms with Crippen LogP contribution in [0.4, 0.5) is 0 Å². The number of hydrogen-bond donors (Lipinski definition) is 1. The molecule has 0 saturated heterocycles. The fraction of sp³-hybridized carbons (Fsp3) is 0.400. The van der Waals surface area contributed by atoms with Gasteiger partial charge in [-0.25, -0.2) is 0 Å². The molecule has 2 rings (SSSR count). The van der Waals surface area contributed by atoms with Gasteiger partial charge in [-0.2, -0.15) is 8.42 Å². The normalized spacial score (nSPS) is 11.0. The Morgan fingerprint density at radius 3 is 2.33 bits per heavy atom. The van der Waals surface area contributed by atoms with Gasteiger partial charge < -0.3 is 9.84 Å². The minimum Gasteiger partial charge on any atom is -0.872 e. The summed E-state index contributed by atoms with van der Waals surface area (Å²) in [5.74, 6) is 0.736. The molecular formula is C20H25KO5S. The van der Waals surface area contributed by atoms with E-state index in [9.17, 15) is 13.5 Å². The molecule has 0 fully saturated rings. The molecule has 0 aliphatic rings. The second kappa shape index (κ2) is 12.2. The van der Waals surface area contributed by atoms with Crippen LogP contribution in [0.15, 0.2) is 47.4 Å². The first-order valence-corrected chi connectivity index (χ1v) is 10.4. The van der Waals surface area contributed by atoms with E-state index >= 15 is 0 Å². The molecule has 0 heterocycles. The Hall–Kier alpha value is -0.414. The molecule has 0 aliphatic heterocycles. The first-order valence-electron chi connectivity index (χ1n) is 8.95. The van der Waals surface area contributed by atoms with E-state index in [1.54, 1.807) is 18.2 Å². The van der Waals surface area contributed by atoms with E-state index < -0.39 is 10.1 Å². The van der Waals surface area contributed by atoms with Crippen molar-refractivity contribution in [2.45, 2.75) is 56.8 Å². The van der Waals surface area contributed by atoms with Gasteiger partial charge in [-0.05, 0) is 37.1 Å². The van der Waals surface area contributed by atoms with Crippen molar-refractivity contribution in [3.63, 3.8) is 0 Å². The second-order valence-corrected chi connectivity index (χ2v) is 7.76. The predicted molar refractivity (Wildman–Crippen MR) is 99.3 cm³/mol. The second-order valence-electron chi connectivity index (χ2n) is 6.34. The molecule has 2 aromatic carbocycles. The largest absolute Gasteiger partial charge is 1.00 e. The molecule has 0 radical (unpaired) electrons. The number of rotatable bonds is 10. The Morgan fingerprint density at radius 1 is 0.963 bits per heavy atom. The van der Waals surface area contributed by atoms with E-state index in [0.29, 0.717) is 17.7 Å². The van der Waals surface area contributed by atoms with E-state index in [4.69, 9.17) is 9.29 Å². The summed E-state index contributed by atoms with van der Waals surface area (Å²) < 4.78 is 37.2. The van der Waals surface area contributed by atoms with Crippen LogP contribution in [0, 0.1) is 0 Å². The van der Waals surface area contributed by atoms with Gasteiger partial charge in [0.05, 0.1) is 4.90 Å². The van der Waals surface area contributed by atoms with Crippen molar-refractivity contribution in [3.05, 3.63) is 48.0 Å². The Labute approximate surface area is 204 Å². The first kappa shape index (κ1) is 24.6. The third-order valence-corrected chi connectivity index (χ3v) is 5.02. The zero-order chi connectivity index (χ0) is 19.0. The quantitative estimate of drug-likeness (QED) is 0.362. The summed E-state index contributed by atoms with van der Waals surface area (Å²) in [6.07, 6.45) is 7.63. The summed E-state index contributed by atoms with van der Waals surface area (Å²) in [5.41, 5.74) is 0.698. The van der Waals surface area contributed by atoms with Crippen LogP contribution in [-0.4, -0.2) is 13.0 Å². The molecule has 0 spiro atoms. The molecule has 27 heavy (non-hydrogen) atoms. The van der Waals surface area contributed by atoms with Crippen molar-refractivity contribution in [1.82, 2.24) is 0 Å². The summed E-state index contributed by atoms with van der Waals surface area (Å²) in [4.78, 5) is -0.234. The Balaban J connectivity index is 0.00000364. The van der Waals surface area contributed by atoms with E-state index in [1.807, 2.05) is 0 Å². The van der Waals surface area contributed by atoms with Gasteiger partial charge in [-0.3, -0.25) is 4.55 Å². The van der Waals surface area contributed by atoms with Crippen molar-refractivity contribution in [3.8, 4) is 17.2 Å². The molecule has 0 saturated carbocycles. The van der Waals surface area contributed by atoms with Crippen LogP contribution in [0.25, 0.3) is 0 Å². The zero-order valence-electron chi connectivity index (χ0n) is 16.0. The Bertz CT molecular complexity index is 821. The van der Waals surface area contributed by atoms with Crippen molar-refractivity contribution >= 4 is 10.1 Å². The smallest absolute Gasteiger partial charge is 0.872 e. The summed E-state index contributed by atoms with van der Waals surface area (Å²) in [6, 6.07) is 10.3. The number of unbranched alkanes of at least 4 members (excludes halogenated alkanes) is 5. The standard InChI is InChI=1S/C20H26O5S.K/c1-2-3-4-5-6-7-9-16-14-18(12-13-20(16)21)25-17-10-8-11-19(15-17)26(22,23)24;/h8,10-15,21H,2-7,9H2,1H3,(H,22,23,24);/q;+1/p-1. The Morgan fingerprint density at radius 2 is 1.63 bits per heavy atom.